The molecule has 0 heterocycles. The molecule has 0 saturated heterocycles. The van der Waals surface area contributed by atoms with Crippen LogP contribution >= 0.6 is 0 Å². The van der Waals surface area contributed by atoms with Gasteiger partial charge in [0.2, 0.25) is 0 Å². The third kappa shape index (κ3) is 2.10. The highest BCUT2D eigenvalue weighted by Gasteiger charge is 2.48. The van der Waals surface area contributed by atoms with E-state index in [1.54, 1.807) is 13.2 Å². The minimum atomic E-state index is -0.878. The molecule has 1 saturated carbocycles. The first-order valence-electron chi connectivity index (χ1n) is 5.88. The largest absolute Gasteiger partial charge is 0.496 e. The van der Waals surface area contributed by atoms with Gasteiger partial charge in [0.25, 0.3) is 0 Å². The third-order valence-electron chi connectivity index (χ3n) is 3.45. The lowest BCUT2D eigenvalue weighted by atomic mass is 9.98. The second kappa shape index (κ2) is 4.44. The highest BCUT2D eigenvalue weighted by Crippen LogP contribution is 2.42. The van der Waals surface area contributed by atoms with Crippen LogP contribution in [0, 0.1) is 25.7 Å². The maximum atomic E-state index is 12.2. The Kier molecular flexibility index (Phi) is 3.11. The van der Waals surface area contributed by atoms with Crippen molar-refractivity contribution in [3.8, 4) is 5.75 Å². The summed E-state index contributed by atoms with van der Waals surface area (Å²) in [6, 6.07) is 3.61. The second-order valence-electron chi connectivity index (χ2n) is 4.79. The van der Waals surface area contributed by atoms with Gasteiger partial charge < -0.3 is 9.84 Å². The van der Waals surface area contributed by atoms with Gasteiger partial charge in [0.15, 0.2) is 5.78 Å². The van der Waals surface area contributed by atoms with Crippen LogP contribution in [-0.2, 0) is 4.79 Å². The lowest BCUT2D eigenvalue weighted by Crippen LogP contribution is -2.10. The monoisotopic (exact) mass is 248 g/mol. The van der Waals surface area contributed by atoms with E-state index in [1.807, 2.05) is 19.9 Å². The van der Waals surface area contributed by atoms with Crippen LogP contribution in [0.25, 0.3) is 0 Å². The number of rotatable bonds is 4. The van der Waals surface area contributed by atoms with Gasteiger partial charge in [-0.25, -0.2) is 0 Å². The predicted molar refractivity (Wildman–Crippen MR) is 66.0 cm³/mol. The number of ether oxygens (including phenoxy) is 1. The van der Waals surface area contributed by atoms with Crippen molar-refractivity contribution in [2.45, 2.75) is 20.3 Å². The van der Waals surface area contributed by atoms with Crippen molar-refractivity contribution in [3.63, 3.8) is 0 Å². The van der Waals surface area contributed by atoms with Crippen molar-refractivity contribution in [2.75, 3.05) is 7.11 Å². The summed E-state index contributed by atoms with van der Waals surface area (Å²) < 4.78 is 5.19. The van der Waals surface area contributed by atoms with Gasteiger partial charge in [-0.2, -0.15) is 0 Å². The summed E-state index contributed by atoms with van der Waals surface area (Å²) in [7, 11) is 1.59. The lowest BCUT2D eigenvalue weighted by molar-refractivity contribution is -0.138. The van der Waals surface area contributed by atoms with Crippen molar-refractivity contribution in [1.29, 1.82) is 0 Å². The summed E-state index contributed by atoms with van der Waals surface area (Å²) in [5, 5.41) is 8.85. The zero-order valence-electron chi connectivity index (χ0n) is 10.7. The second-order valence-corrected chi connectivity index (χ2v) is 4.79. The van der Waals surface area contributed by atoms with Gasteiger partial charge >= 0.3 is 5.97 Å². The van der Waals surface area contributed by atoms with Crippen LogP contribution in [0.5, 0.6) is 5.75 Å². The molecule has 1 N–H and O–H groups in total. The molecule has 0 aliphatic heterocycles. The third-order valence-corrected chi connectivity index (χ3v) is 3.45. The summed E-state index contributed by atoms with van der Waals surface area (Å²) in [5.74, 6) is -1.05. The van der Waals surface area contributed by atoms with E-state index in [1.165, 1.54) is 0 Å². The van der Waals surface area contributed by atoms with Gasteiger partial charge in [0, 0.05) is 11.5 Å². The summed E-state index contributed by atoms with van der Waals surface area (Å²) in [6.07, 6.45) is 0.457. The molecular weight excluding hydrogens is 232 g/mol. The number of aryl methyl sites for hydroxylation is 2. The first kappa shape index (κ1) is 12.6. The maximum absolute atomic E-state index is 12.2. The van der Waals surface area contributed by atoms with Gasteiger partial charge in [0.1, 0.15) is 5.75 Å². The topological polar surface area (TPSA) is 63.6 Å². The zero-order chi connectivity index (χ0) is 13.4. The van der Waals surface area contributed by atoms with E-state index in [0.717, 1.165) is 16.9 Å². The minimum Gasteiger partial charge on any atom is -0.496 e. The molecule has 2 unspecified atom stereocenters. The summed E-state index contributed by atoms with van der Waals surface area (Å²) in [6.45, 7) is 3.71. The first-order chi connectivity index (χ1) is 8.45. The van der Waals surface area contributed by atoms with Crippen LogP contribution in [0.1, 0.15) is 27.9 Å². The van der Waals surface area contributed by atoms with Crippen LogP contribution in [-0.4, -0.2) is 24.0 Å². The molecule has 18 heavy (non-hydrogen) atoms. The fraction of sp³-hybridized carbons (Fsp3) is 0.429. The van der Waals surface area contributed by atoms with Crippen molar-refractivity contribution in [1.82, 2.24) is 0 Å². The fourth-order valence-corrected chi connectivity index (χ4v) is 2.23. The van der Waals surface area contributed by atoms with Gasteiger partial charge in [-0.15, -0.1) is 0 Å². The molecule has 1 aliphatic rings. The number of Topliss-reactive ketones (excluding diaryl/α,β-unsaturated/α-hetero) is 1. The molecule has 1 fully saturated rings. The Morgan fingerprint density at radius 2 is 1.89 bits per heavy atom. The van der Waals surface area contributed by atoms with Crippen LogP contribution in [0.2, 0.25) is 0 Å². The molecule has 4 heteroatoms. The number of ketones is 1. The average molecular weight is 248 g/mol. The number of benzene rings is 1. The standard InChI is InChI=1S/C14H16O4/c1-7-5-12(18-3)8(2)4-9(7)13(15)10-6-11(10)14(16)17/h4-5,10-11H,6H2,1-3H3,(H,16,17). The Bertz CT molecular complexity index is 519. The normalized spacial score (nSPS) is 21.5. The van der Waals surface area contributed by atoms with Crippen molar-refractivity contribution in [2.24, 2.45) is 11.8 Å². The molecular formula is C14H16O4. The van der Waals surface area contributed by atoms with Gasteiger partial charge in [-0.05, 0) is 43.5 Å². The van der Waals surface area contributed by atoms with Gasteiger partial charge in [-0.1, -0.05) is 0 Å². The Hall–Kier alpha value is -1.84. The number of carbonyl (C=O) groups is 2. The number of carboxylic acids is 1. The number of hydrogen-bond donors (Lipinski definition) is 1. The highest BCUT2D eigenvalue weighted by atomic mass is 16.5. The molecule has 96 valence electrons. The van der Waals surface area contributed by atoms with Crippen LogP contribution in [0.15, 0.2) is 12.1 Å². The van der Waals surface area contributed by atoms with Crippen LogP contribution < -0.4 is 4.74 Å². The molecule has 0 spiro atoms. The first-order valence-corrected chi connectivity index (χ1v) is 5.88. The summed E-state index contributed by atoms with van der Waals surface area (Å²) >= 11 is 0. The number of hydrogen-bond acceptors (Lipinski definition) is 3. The van der Waals surface area contributed by atoms with E-state index in [4.69, 9.17) is 9.84 Å². The van der Waals surface area contributed by atoms with Crippen molar-refractivity contribution >= 4 is 11.8 Å². The molecule has 1 aromatic carbocycles. The van der Waals surface area contributed by atoms with Crippen molar-refractivity contribution < 1.29 is 19.4 Å². The Morgan fingerprint density at radius 1 is 1.22 bits per heavy atom. The summed E-state index contributed by atoms with van der Waals surface area (Å²) in [5.41, 5.74) is 2.33. The smallest absolute Gasteiger partial charge is 0.307 e. The van der Waals surface area contributed by atoms with E-state index in [0.29, 0.717) is 12.0 Å². The number of aliphatic carboxylic acids is 1. The molecule has 4 nitrogen and oxygen atoms in total. The van der Waals surface area contributed by atoms with E-state index >= 15 is 0 Å². The molecule has 1 aliphatic carbocycles. The average Bonchev–Trinajstić information content (AvgIpc) is 3.10. The molecule has 2 atom stereocenters. The molecule has 0 radical (unpaired) electrons. The predicted octanol–water partition coefficient (Wildman–Crippen LogP) is 2.22. The SMILES string of the molecule is COc1cc(C)c(C(=O)C2CC2C(=O)O)cc1C. The van der Waals surface area contributed by atoms with Gasteiger partial charge in [-0.3, -0.25) is 9.59 Å². The van der Waals surface area contributed by atoms with E-state index in [9.17, 15) is 9.59 Å². The Labute approximate surface area is 106 Å². The van der Waals surface area contributed by atoms with Crippen LogP contribution in [0.4, 0.5) is 0 Å². The number of methoxy groups -OCH3 is 1. The Balaban J connectivity index is 2.27. The summed E-state index contributed by atoms with van der Waals surface area (Å²) in [4.78, 5) is 23.0. The van der Waals surface area contributed by atoms with E-state index < -0.39 is 11.9 Å². The number of carbonyl (C=O) groups excluding carboxylic acids is 1. The molecule has 0 bridgehead atoms. The van der Waals surface area contributed by atoms with E-state index in [2.05, 4.69) is 0 Å². The quantitative estimate of drug-likeness (QED) is 0.830. The Morgan fingerprint density at radius 3 is 2.39 bits per heavy atom. The fourth-order valence-electron chi connectivity index (χ4n) is 2.23. The van der Waals surface area contributed by atoms with Crippen LogP contribution in [0.3, 0.4) is 0 Å². The van der Waals surface area contributed by atoms with Gasteiger partial charge in [0.05, 0.1) is 13.0 Å². The number of carboxylic acid groups (broad SMARTS) is 1. The molecule has 2 rings (SSSR count). The molecule has 0 aromatic heterocycles. The molecule has 1 aromatic rings. The van der Waals surface area contributed by atoms with Crippen molar-refractivity contribution in [3.05, 3.63) is 28.8 Å². The molecule has 0 amide bonds. The maximum Gasteiger partial charge on any atom is 0.307 e. The lowest BCUT2D eigenvalue weighted by Gasteiger charge is -2.10. The zero-order valence-corrected chi connectivity index (χ0v) is 10.7. The minimum absolute atomic E-state index is 0.0642. The highest BCUT2D eigenvalue weighted by molar-refractivity contribution is 6.03. The van der Waals surface area contributed by atoms with E-state index in [-0.39, 0.29) is 11.7 Å².